The zero-order chi connectivity index (χ0) is 32.0. The van der Waals surface area contributed by atoms with Gasteiger partial charge in [0.2, 0.25) is 0 Å². The first-order valence-electron chi connectivity index (χ1n) is 18.6. The second-order valence-electron chi connectivity index (χ2n) is 13.8. The van der Waals surface area contributed by atoms with Crippen LogP contribution in [0, 0.1) is 0 Å². The van der Waals surface area contributed by atoms with Gasteiger partial charge in [-0.2, -0.15) is 0 Å². The molecule has 7 nitrogen and oxygen atoms in total. The molecule has 0 radical (unpaired) electrons. The molecule has 0 unspecified atom stereocenters. The number of esters is 1. The second kappa shape index (κ2) is 24.2. The number of rotatable bonds is 28. The molecular weight excluding hydrogens is 556 g/mol. The molecule has 0 aliphatic carbocycles. The molecule has 0 saturated carbocycles. The third-order valence-corrected chi connectivity index (χ3v) is 9.62. The average Bonchev–Trinajstić information content (AvgIpc) is 3.62. The summed E-state index contributed by atoms with van der Waals surface area (Å²) in [7, 11) is 0. The molecule has 0 spiro atoms. The van der Waals surface area contributed by atoms with Gasteiger partial charge in [-0.05, 0) is 57.9 Å². The van der Waals surface area contributed by atoms with E-state index >= 15 is 0 Å². The van der Waals surface area contributed by atoms with Crippen molar-refractivity contribution in [2.75, 3.05) is 0 Å². The molecule has 2 heterocycles. The largest absolute Gasteiger partial charge is 0.455 e. The summed E-state index contributed by atoms with van der Waals surface area (Å²) >= 11 is 0. The lowest BCUT2D eigenvalue weighted by molar-refractivity contribution is -0.139. The van der Waals surface area contributed by atoms with E-state index in [1.165, 1.54) is 57.8 Å². The molecule has 4 N–H and O–H groups in total. The summed E-state index contributed by atoms with van der Waals surface area (Å²) in [6, 6.07) is 0. The monoisotopic (exact) mass is 624 g/mol. The molecule has 7 atom stereocenters. The Bertz CT molecular complexity index is 756. The van der Waals surface area contributed by atoms with Crippen molar-refractivity contribution in [2.45, 2.75) is 217 Å². The Morgan fingerprint density at radius 2 is 1.14 bits per heavy atom. The quantitative estimate of drug-likeness (QED) is 0.0518. The zero-order valence-electron chi connectivity index (χ0n) is 28.3. The van der Waals surface area contributed by atoms with Crippen molar-refractivity contribution in [1.29, 1.82) is 0 Å². The van der Waals surface area contributed by atoms with Gasteiger partial charge in [0.05, 0.1) is 36.6 Å². The highest BCUT2D eigenvalue weighted by Gasteiger charge is 2.35. The van der Waals surface area contributed by atoms with Crippen LogP contribution in [0.25, 0.3) is 0 Å². The number of ether oxygens (including phenoxy) is 2. The molecule has 0 aromatic rings. The van der Waals surface area contributed by atoms with Gasteiger partial charge in [-0.15, -0.1) is 0 Å². The number of carbonyl (C=O) groups excluding carboxylic acids is 1. The fourth-order valence-corrected chi connectivity index (χ4v) is 6.76. The van der Waals surface area contributed by atoms with E-state index in [2.05, 4.69) is 6.92 Å². The van der Waals surface area contributed by atoms with Gasteiger partial charge < -0.3 is 29.9 Å². The summed E-state index contributed by atoms with van der Waals surface area (Å²) in [5.41, 5.74) is 0.696. The van der Waals surface area contributed by atoms with Crippen molar-refractivity contribution in [2.24, 2.45) is 0 Å². The third-order valence-electron chi connectivity index (χ3n) is 9.62. The number of aliphatic hydroxyl groups is 4. The van der Waals surface area contributed by atoms with E-state index in [1.54, 1.807) is 0 Å². The van der Waals surface area contributed by atoms with Crippen molar-refractivity contribution in [3.05, 3.63) is 11.6 Å². The van der Waals surface area contributed by atoms with Crippen LogP contribution in [0.3, 0.4) is 0 Å². The highest BCUT2D eigenvalue weighted by Crippen LogP contribution is 2.29. The van der Waals surface area contributed by atoms with E-state index in [-0.39, 0.29) is 30.4 Å². The van der Waals surface area contributed by atoms with Gasteiger partial charge in [-0.3, -0.25) is 0 Å². The predicted octanol–water partition coefficient (Wildman–Crippen LogP) is 7.84. The molecule has 7 heteroatoms. The van der Waals surface area contributed by atoms with Crippen LogP contribution in [0.1, 0.15) is 174 Å². The molecule has 0 bridgehead atoms. The number of hydrogen-bond donors (Lipinski definition) is 4. The maximum Gasteiger partial charge on any atom is 0.334 e. The Balaban J connectivity index is 1.39. The summed E-state index contributed by atoms with van der Waals surface area (Å²) in [5, 5.41) is 41.9. The third kappa shape index (κ3) is 17.6. The normalized spacial score (nSPS) is 23.0. The van der Waals surface area contributed by atoms with Crippen LogP contribution in [0.2, 0.25) is 0 Å². The van der Waals surface area contributed by atoms with Gasteiger partial charge in [-0.1, -0.05) is 116 Å². The van der Waals surface area contributed by atoms with Gasteiger partial charge in [-0.25, -0.2) is 4.79 Å². The number of unbranched alkanes of at least 4 members (excludes halogenated alkanes) is 15. The van der Waals surface area contributed by atoms with Gasteiger partial charge in [0.15, 0.2) is 0 Å². The number of aliphatic hydroxyl groups excluding tert-OH is 4. The Hall–Kier alpha value is -0.990. The lowest BCUT2D eigenvalue weighted by atomic mass is 9.98. The Morgan fingerprint density at radius 1 is 0.659 bits per heavy atom. The molecule has 258 valence electrons. The lowest BCUT2D eigenvalue weighted by Crippen LogP contribution is -2.33. The molecule has 0 amide bonds. The zero-order valence-corrected chi connectivity index (χ0v) is 28.3. The standard InChI is InChI=1S/C37H68O7/c1-3-4-5-6-7-8-9-13-16-19-22-33(40)35-25-26-36(44-35)34(41)28-32(39)21-18-15-12-10-11-14-17-20-31(38)24-23-30-27-29(2)43-37(30)42/h27,29,31-36,38-41H,3-26,28H2,1-2H3/t29-,31-,32+,33+,34+,35+,36+/m0/s1. The fourth-order valence-electron chi connectivity index (χ4n) is 6.76. The van der Waals surface area contributed by atoms with Crippen molar-refractivity contribution in [3.63, 3.8) is 0 Å². The first-order chi connectivity index (χ1) is 21.3. The number of cyclic esters (lactones) is 1. The minimum Gasteiger partial charge on any atom is -0.455 e. The summed E-state index contributed by atoms with van der Waals surface area (Å²) < 4.78 is 11.1. The van der Waals surface area contributed by atoms with Crippen molar-refractivity contribution >= 4 is 5.97 Å². The van der Waals surface area contributed by atoms with Crippen LogP contribution in [0.4, 0.5) is 0 Å². The number of hydrogen-bond acceptors (Lipinski definition) is 7. The number of carbonyl (C=O) groups is 1. The van der Waals surface area contributed by atoms with Crippen LogP contribution in [0.5, 0.6) is 0 Å². The topological polar surface area (TPSA) is 116 Å². The molecular formula is C37H68O7. The molecule has 0 aromatic carbocycles. The van der Waals surface area contributed by atoms with Gasteiger partial charge in [0, 0.05) is 12.0 Å². The van der Waals surface area contributed by atoms with E-state index < -0.39 is 18.3 Å². The smallest absolute Gasteiger partial charge is 0.334 e. The van der Waals surface area contributed by atoms with Crippen LogP contribution in [-0.4, -0.2) is 69.1 Å². The summed E-state index contributed by atoms with van der Waals surface area (Å²) in [5.74, 6) is -0.240. The van der Waals surface area contributed by atoms with E-state index in [0.717, 1.165) is 77.0 Å². The Kier molecular flexibility index (Phi) is 21.6. The predicted molar refractivity (Wildman–Crippen MR) is 177 cm³/mol. The van der Waals surface area contributed by atoms with E-state index in [9.17, 15) is 25.2 Å². The Morgan fingerprint density at radius 3 is 1.66 bits per heavy atom. The maximum absolute atomic E-state index is 11.6. The SMILES string of the molecule is CCCCCCCCCCCC[C@@H](O)[C@H]1CC[C@H]([C@H](O)C[C@H](O)CCCCCCCCC[C@H](O)CCC2=C[C@H](C)OC2=O)O1. The highest BCUT2D eigenvalue weighted by atomic mass is 16.5. The van der Waals surface area contributed by atoms with Crippen LogP contribution in [-0.2, 0) is 14.3 Å². The highest BCUT2D eigenvalue weighted by molar-refractivity contribution is 5.90. The van der Waals surface area contributed by atoms with Crippen LogP contribution < -0.4 is 0 Å². The molecule has 0 aromatic heterocycles. The molecule has 2 aliphatic rings. The summed E-state index contributed by atoms with van der Waals surface area (Å²) in [4.78, 5) is 11.6. The average molecular weight is 625 g/mol. The minimum absolute atomic E-state index is 0.145. The van der Waals surface area contributed by atoms with Crippen LogP contribution in [0.15, 0.2) is 11.6 Å². The van der Waals surface area contributed by atoms with Crippen LogP contribution >= 0.6 is 0 Å². The van der Waals surface area contributed by atoms with Crippen molar-refractivity contribution < 1.29 is 34.7 Å². The van der Waals surface area contributed by atoms with Crippen molar-refractivity contribution in [1.82, 2.24) is 0 Å². The second-order valence-corrected chi connectivity index (χ2v) is 13.8. The fraction of sp³-hybridized carbons (Fsp3) is 0.919. The van der Waals surface area contributed by atoms with E-state index in [1.807, 2.05) is 13.0 Å². The van der Waals surface area contributed by atoms with Gasteiger partial charge in [0.25, 0.3) is 0 Å². The summed E-state index contributed by atoms with van der Waals surface area (Å²) in [6.45, 7) is 4.10. The molecule has 2 aliphatic heterocycles. The van der Waals surface area contributed by atoms with E-state index in [4.69, 9.17) is 9.47 Å². The van der Waals surface area contributed by atoms with Gasteiger partial charge in [0.1, 0.15) is 6.10 Å². The molecule has 2 rings (SSSR count). The minimum atomic E-state index is -0.679. The van der Waals surface area contributed by atoms with Gasteiger partial charge >= 0.3 is 5.97 Å². The lowest BCUT2D eigenvalue weighted by Gasteiger charge is -2.23. The Labute approximate surface area is 269 Å². The van der Waals surface area contributed by atoms with Crippen molar-refractivity contribution in [3.8, 4) is 0 Å². The first kappa shape index (κ1) is 39.2. The van der Waals surface area contributed by atoms with E-state index in [0.29, 0.717) is 31.3 Å². The summed E-state index contributed by atoms with van der Waals surface area (Å²) in [6.07, 6.45) is 24.9. The molecule has 44 heavy (non-hydrogen) atoms. The molecule has 1 fully saturated rings. The first-order valence-corrected chi connectivity index (χ1v) is 18.6. The maximum atomic E-state index is 11.6. The molecule has 1 saturated heterocycles.